The molecule has 3 rings (SSSR count). The number of hydrogen-bond donors (Lipinski definition) is 1. The molecule has 0 bridgehead atoms. The molecule has 2 heteroatoms. The lowest BCUT2D eigenvalue weighted by atomic mass is 9.98. The van der Waals surface area contributed by atoms with Crippen LogP contribution < -0.4 is 5.32 Å². The summed E-state index contributed by atoms with van der Waals surface area (Å²) in [6.45, 7) is 1.84. The van der Waals surface area contributed by atoms with Crippen LogP contribution in [0.15, 0.2) is 30.3 Å². The van der Waals surface area contributed by atoms with Crippen LogP contribution in [-0.2, 0) is 4.74 Å². The molecular formula is C18H27NO. The van der Waals surface area contributed by atoms with E-state index in [1.54, 1.807) is 0 Å². The molecule has 0 spiro atoms. The maximum absolute atomic E-state index is 6.01. The molecule has 110 valence electrons. The van der Waals surface area contributed by atoms with Crippen molar-refractivity contribution in [3.05, 3.63) is 35.9 Å². The van der Waals surface area contributed by atoms with Crippen LogP contribution in [0.3, 0.4) is 0 Å². The Bertz CT molecular complexity index is 382. The maximum atomic E-state index is 6.01. The molecule has 1 N–H and O–H groups in total. The second kappa shape index (κ2) is 7.24. The van der Waals surface area contributed by atoms with Gasteiger partial charge >= 0.3 is 0 Å². The van der Waals surface area contributed by atoms with Gasteiger partial charge in [-0.15, -0.1) is 0 Å². The van der Waals surface area contributed by atoms with Crippen molar-refractivity contribution in [2.45, 2.75) is 57.1 Å². The molecule has 2 aliphatic rings. The van der Waals surface area contributed by atoms with Gasteiger partial charge in [-0.1, -0.05) is 49.6 Å². The van der Waals surface area contributed by atoms with E-state index in [0.29, 0.717) is 12.1 Å². The van der Waals surface area contributed by atoms with Crippen LogP contribution in [0.4, 0.5) is 0 Å². The average molecular weight is 273 g/mol. The van der Waals surface area contributed by atoms with Gasteiger partial charge in [-0.05, 0) is 37.2 Å². The van der Waals surface area contributed by atoms with Gasteiger partial charge in [-0.25, -0.2) is 0 Å². The Hall–Kier alpha value is -0.860. The first-order chi connectivity index (χ1) is 9.93. The van der Waals surface area contributed by atoms with Crippen LogP contribution in [0.2, 0.25) is 0 Å². The van der Waals surface area contributed by atoms with E-state index in [9.17, 15) is 0 Å². The zero-order valence-corrected chi connectivity index (χ0v) is 12.4. The highest BCUT2D eigenvalue weighted by Gasteiger charge is 2.31. The summed E-state index contributed by atoms with van der Waals surface area (Å²) in [5.74, 6) is 0.840. The minimum Gasteiger partial charge on any atom is -0.377 e. The molecule has 0 aromatic heterocycles. The van der Waals surface area contributed by atoms with E-state index in [2.05, 4.69) is 35.6 Å². The van der Waals surface area contributed by atoms with Gasteiger partial charge in [0.1, 0.15) is 0 Å². The molecule has 0 saturated heterocycles. The topological polar surface area (TPSA) is 21.3 Å². The Kier molecular flexibility index (Phi) is 5.10. The van der Waals surface area contributed by atoms with Crippen molar-refractivity contribution in [2.24, 2.45) is 5.92 Å². The van der Waals surface area contributed by atoms with E-state index in [1.165, 1.54) is 50.5 Å². The number of ether oxygens (including phenoxy) is 1. The molecule has 1 atom stereocenters. The van der Waals surface area contributed by atoms with Gasteiger partial charge in [0.15, 0.2) is 0 Å². The zero-order valence-electron chi connectivity index (χ0n) is 12.4. The first-order valence-electron chi connectivity index (χ1n) is 8.33. The number of rotatable bonds is 7. The van der Waals surface area contributed by atoms with E-state index in [-0.39, 0.29) is 0 Å². The van der Waals surface area contributed by atoms with Crippen molar-refractivity contribution in [1.82, 2.24) is 5.32 Å². The van der Waals surface area contributed by atoms with E-state index < -0.39 is 0 Å². The maximum Gasteiger partial charge on any atom is 0.0594 e. The highest BCUT2D eigenvalue weighted by atomic mass is 16.5. The van der Waals surface area contributed by atoms with Crippen LogP contribution >= 0.6 is 0 Å². The van der Waals surface area contributed by atoms with Crippen LogP contribution in [0.5, 0.6) is 0 Å². The summed E-state index contributed by atoms with van der Waals surface area (Å²) in [5.41, 5.74) is 1.44. The summed E-state index contributed by atoms with van der Waals surface area (Å²) in [4.78, 5) is 0. The molecule has 1 aromatic rings. The minimum absolute atomic E-state index is 0.529. The third-order valence-corrected chi connectivity index (χ3v) is 4.62. The fourth-order valence-corrected chi connectivity index (χ4v) is 3.32. The second-order valence-corrected chi connectivity index (χ2v) is 6.31. The highest BCUT2D eigenvalue weighted by molar-refractivity contribution is 5.21. The Labute approximate surface area is 122 Å². The van der Waals surface area contributed by atoms with Crippen LogP contribution in [-0.4, -0.2) is 19.3 Å². The van der Waals surface area contributed by atoms with Crippen molar-refractivity contribution < 1.29 is 4.74 Å². The van der Waals surface area contributed by atoms with Crippen molar-refractivity contribution in [3.8, 4) is 0 Å². The molecule has 2 fully saturated rings. The summed E-state index contributed by atoms with van der Waals surface area (Å²) < 4.78 is 6.01. The van der Waals surface area contributed by atoms with Crippen molar-refractivity contribution in [1.29, 1.82) is 0 Å². The summed E-state index contributed by atoms with van der Waals surface area (Å²) >= 11 is 0. The predicted octanol–water partition coefficient (Wildman–Crippen LogP) is 4.08. The Morgan fingerprint density at radius 2 is 1.75 bits per heavy atom. The summed E-state index contributed by atoms with van der Waals surface area (Å²) in [6.07, 6.45) is 9.92. The third-order valence-electron chi connectivity index (χ3n) is 4.62. The first-order valence-corrected chi connectivity index (χ1v) is 8.33. The average Bonchev–Trinajstić information content (AvgIpc) is 3.34. The lowest BCUT2D eigenvalue weighted by molar-refractivity contribution is 0.0291. The second-order valence-electron chi connectivity index (χ2n) is 6.31. The quantitative estimate of drug-likeness (QED) is 0.756. The summed E-state index contributed by atoms with van der Waals surface area (Å²) in [5, 5.41) is 3.71. The van der Waals surface area contributed by atoms with Crippen LogP contribution in [0, 0.1) is 5.92 Å². The molecule has 0 aliphatic heterocycles. The fourth-order valence-electron chi connectivity index (χ4n) is 3.32. The molecule has 2 nitrogen and oxygen atoms in total. The van der Waals surface area contributed by atoms with E-state index in [4.69, 9.17) is 4.74 Å². The van der Waals surface area contributed by atoms with Crippen molar-refractivity contribution in [2.75, 3.05) is 13.2 Å². The summed E-state index contributed by atoms with van der Waals surface area (Å²) in [6, 6.07) is 11.4. The molecule has 1 unspecified atom stereocenters. The minimum atomic E-state index is 0.529. The van der Waals surface area contributed by atoms with Crippen molar-refractivity contribution >= 4 is 0 Å². The van der Waals surface area contributed by atoms with Crippen molar-refractivity contribution in [3.63, 3.8) is 0 Å². The highest BCUT2D eigenvalue weighted by Crippen LogP contribution is 2.40. The van der Waals surface area contributed by atoms with E-state index in [0.717, 1.165) is 19.1 Å². The Balaban J connectivity index is 1.41. The van der Waals surface area contributed by atoms with E-state index in [1.807, 2.05) is 0 Å². The summed E-state index contributed by atoms with van der Waals surface area (Å²) in [7, 11) is 0. The van der Waals surface area contributed by atoms with E-state index >= 15 is 0 Å². The fraction of sp³-hybridized carbons (Fsp3) is 0.667. The Morgan fingerprint density at radius 1 is 1.00 bits per heavy atom. The largest absolute Gasteiger partial charge is 0.377 e. The molecule has 20 heavy (non-hydrogen) atoms. The lowest BCUT2D eigenvalue weighted by Crippen LogP contribution is -2.29. The smallest absolute Gasteiger partial charge is 0.0594 e. The zero-order chi connectivity index (χ0) is 13.6. The molecule has 0 heterocycles. The van der Waals surface area contributed by atoms with Gasteiger partial charge in [0, 0.05) is 12.6 Å². The number of hydrogen-bond acceptors (Lipinski definition) is 2. The van der Waals surface area contributed by atoms with Gasteiger partial charge in [-0.3, -0.25) is 0 Å². The third kappa shape index (κ3) is 4.07. The van der Waals surface area contributed by atoms with Crippen LogP contribution in [0.25, 0.3) is 0 Å². The SMILES string of the molecule is c1ccc(C(NCCOC2CCCCC2)C2CC2)cc1. The molecule has 2 saturated carbocycles. The van der Waals surface area contributed by atoms with Gasteiger partial charge in [-0.2, -0.15) is 0 Å². The van der Waals surface area contributed by atoms with Gasteiger partial charge in [0.05, 0.1) is 12.7 Å². The van der Waals surface area contributed by atoms with Gasteiger partial charge < -0.3 is 10.1 Å². The number of nitrogens with one attached hydrogen (secondary N) is 1. The molecular weight excluding hydrogens is 246 g/mol. The first kappa shape index (κ1) is 14.1. The Morgan fingerprint density at radius 3 is 2.45 bits per heavy atom. The predicted molar refractivity (Wildman–Crippen MR) is 82.7 cm³/mol. The molecule has 0 radical (unpaired) electrons. The van der Waals surface area contributed by atoms with Gasteiger partial charge in [0.25, 0.3) is 0 Å². The normalized spacial score (nSPS) is 21.8. The van der Waals surface area contributed by atoms with Crippen LogP contribution in [0.1, 0.15) is 56.6 Å². The number of benzene rings is 1. The van der Waals surface area contributed by atoms with Gasteiger partial charge in [0.2, 0.25) is 0 Å². The lowest BCUT2D eigenvalue weighted by Gasteiger charge is -2.23. The molecule has 1 aromatic carbocycles. The monoisotopic (exact) mass is 273 g/mol. The molecule has 0 amide bonds. The standard InChI is InChI=1S/C18H27NO/c1-3-7-15(8-4-1)18(16-11-12-16)19-13-14-20-17-9-5-2-6-10-17/h1,3-4,7-8,16-19H,2,5-6,9-14H2. The molecule has 2 aliphatic carbocycles.